The fraction of sp³-hybridized carbons (Fsp3) is 0.312. The molecule has 3 aromatic carbocycles. The number of carbonyl (C=O) groups is 4. The number of hydrogen-bond donors (Lipinski definition) is 0. The van der Waals surface area contributed by atoms with Crippen LogP contribution >= 0.6 is 0 Å². The Bertz CT molecular complexity index is 1260. The number of nitrogens with zero attached hydrogens (tertiary/aromatic N) is 2. The van der Waals surface area contributed by atoms with Gasteiger partial charge in [-0.25, -0.2) is 9.59 Å². The standard InChI is InChI=1S/C32H32N2O6/c35-29(33-18-8-16-27(33)31(37)39-21-23-10-3-1-4-11-23)25-14-7-15-26(20-25)30(36)34-19-9-17-28(34)32(38)40-22-24-12-5-2-6-13-24/h1-7,10-15,20,27-28H,8-9,16-19,21-22H2. The molecule has 0 aliphatic carbocycles. The summed E-state index contributed by atoms with van der Waals surface area (Å²) in [5, 5.41) is 0. The number of hydrogen-bond acceptors (Lipinski definition) is 6. The largest absolute Gasteiger partial charge is 0.459 e. The molecule has 3 aromatic rings. The molecule has 5 rings (SSSR count). The van der Waals surface area contributed by atoms with E-state index in [1.807, 2.05) is 60.7 Å². The third-order valence-corrected chi connectivity index (χ3v) is 7.38. The summed E-state index contributed by atoms with van der Waals surface area (Å²) in [6.07, 6.45) is 2.43. The highest BCUT2D eigenvalue weighted by atomic mass is 16.5. The van der Waals surface area contributed by atoms with Gasteiger partial charge in [0, 0.05) is 24.2 Å². The number of benzene rings is 3. The van der Waals surface area contributed by atoms with E-state index in [2.05, 4.69) is 0 Å². The molecule has 2 aliphatic rings. The van der Waals surface area contributed by atoms with Crippen molar-refractivity contribution < 1.29 is 28.7 Å². The van der Waals surface area contributed by atoms with E-state index in [0.717, 1.165) is 11.1 Å². The predicted molar refractivity (Wildman–Crippen MR) is 147 cm³/mol. The van der Waals surface area contributed by atoms with Crippen molar-refractivity contribution in [3.05, 3.63) is 107 Å². The highest BCUT2D eigenvalue weighted by molar-refractivity contribution is 6.02. The van der Waals surface area contributed by atoms with E-state index in [0.29, 0.717) is 49.9 Å². The van der Waals surface area contributed by atoms with Gasteiger partial charge in [-0.1, -0.05) is 66.7 Å². The van der Waals surface area contributed by atoms with Gasteiger partial charge in [0.2, 0.25) is 0 Å². The molecule has 2 fully saturated rings. The molecule has 2 aliphatic heterocycles. The summed E-state index contributed by atoms with van der Waals surface area (Å²) in [6.45, 7) is 1.16. The zero-order valence-electron chi connectivity index (χ0n) is 22.2. The van der Waals surface area contributed by atoms with Crippen LogP contribution in [0.25, 0.3) is 0 Å². The molecule has 2 saturated heterocycles. The fourth-order valence-corrected chi connectivity index (χ4v) is 5.28. The maximum atomic E-state index is 13.4. The van der Waals surface area contributed by atoms with Crippen LogP contribution in [0.15, 0.2) is 84.9 Å². The molecule has 0 radical (unpaired) electrons. The average molecular weight is 541 g/mol. The van der Waals surface area contributed by atoms with Crippen LogP contribution in [-0.4, -0.2) is 58.7 Å². The topological polar surface area (TPSA) is 93.2 Å². The van der Waals surface area contributed by atoms with Crippen LogP contribution in [0.1, 0.15) is 57.5 Å². The van der Waals surface area contributed by atoms with Crippen LogP contribution in [0, 0.1) is 0 Å². The van der Waals surface area contributed by atoms with Crippen molar-refractivity contribution in [1.82, 2.24) is 9.80 Å². The van der Waals surface area contributed by atoms with Crippen molar-refractivity contribution in [3.63, 3.8) is 0 Å². The van der Waals surface area contributed by atoms with Gasteiger partial charge in [-0.15, -0.1) is 0 Å². The van der Waals surface area contributed by atoms with Gasteiger partial charge in [0.1, 0.15) is 25.3 Å². The second-order valence-electron chi connectivity index (χ2n) is 10.1. The van der Waals surface area contributed by atoms with E-state index in [-0.39, 0.29) is 25.0 Å². The van der Waals surface area contributed by atoms with Gasteiger partial charge >= 0.3 is 11.9 Å². The first-order valence-corrected chi connectivity index (χ1v) is 13.6. The lowest BCUT2D eigenvalue weighted by atomic mass is 10.1. The van der Waals surface area contributed by atoms with E-state index >= 15 is 0 Å². The Labute approximate surface area is 233 Å². The summed E-state index contributed by atoms with van der Waals surface area (Å²) in [5.41, 5.74) is 2.39. The number of rotatable bonds is 8. The minimum Gasteiger partial charge on any atom is -0.459 e. The van der Waals surface area contributed by atoms with Crippen molar-refractivity contribution in [2.24, 2.45) is 0 Å². The number of likely N-dealkylation sites (tertiary alicyclic amines) is 2. The minimum absolute atomic E-state index is 0.146. The molecule has 0 saturated carbocycles. The summed E-state index contributed by atoms with van der Waals surface area (Å²) in [5.74, 6) is -1.52. The summed E-state index contributed by atoms with van der Waals surface area (Å²) < 4.78 is 11.0. The molecule has 0 N–H and O–H groups in total. The van der Waals surface area contributed by atoms with Crippen LogP contribution in [0.2, 0.25) is 0 Å². The predicted octanol–water partition coefficient (Wildman–Crippen LogP) is 4.38. The zero-order valence-corrected chi connectivity index (χ0v) is 22.2. The van der Waals surface area contributed by atoms with Gasteiger partial charge in [0.05, 0.1) is 0 Å². The van der Waals surface area contributed by atoms with E-state index in [1.165, 1.54) is 9.80 Å². The Morgan fingerprint density at radius 3 is 1.45 bits per heavy atom. The molecular weight excluding hydrogens is 508 g/mol. The first-order valence-electron chi connectivity index (χ1n) is 13.6. The normalized spacial score (nSPS) is 18.4. The molecule has 40 heavy (non-hydrogen) atoms. The molecule has 0 bridgehead atoms. The number of ether oxygens (including phenoxy) is 2. The highest BCUT2D eigenvalue weighted by Gasteiger charge is 2.38. The highest BCUT2D eigenvalue weighted by Crippen LogP contribution is 2.25. The van der Waals surface area contributed by atoms with Gasteiger partial charge < -0.3 is 19.3 Å². The Hall–Kier alpha value is -4.46. The second-order valence-corrected chi connectivity index (χ2v) is 10.1. The number of esters is 2. The quantitative estimate of drug-likeness (QED) is 0.394. The number of amides is 2. The minimum atomic E-state index is -0.669. The van der Waals surface area contributed by atoms with Crippen LogP contribution < -0.4 is 0 Å². The summed E-state index contributed by atoms with van der Waals surface area (Å²) in [4.78, 5) is 55.6. The maximum Gasteiger partial charge on any atom is 0.329 e. The second kappa shape index (κ2) is 12.6. The molecule has 206 valence electrons. The summed E-state index contributed by atoms with van der Waals surface area (Å²) in [6, 6.07) is 23.9. The van der Waals surface area contributed by atoms with Gasteiger partial charge in [-0.3, -0.25) is 9.59 Å². The third-order valence-electron chi connectivity index (χ3n) is 7.38. The van der Waals surface area contributed by atoms with Crippen molar-refractivity contribution in [2.45, 2.75) is 51.0 Å². The Kier molecular flexibility index (Phi) is 8.54. The lowest BCUT2D eigenvalue weighted by molar-refractivity contribution is -0.150. The van der Waals surface area contributed by atoms with E-state index < -0.39 is 24.0 Å². The molecule has 2 heterocycles. The lowest BCUT2D eigenvalue weighted by Crippen LogP contribution is -2.42. The van der Waals surface area contributed by atoms with Crippen LogP contribution in [0.3, 0.4) is 0 Å². The van der Waals surface area contributed by atoms with Crippen LogP contribution in [-0.2, 0) is 32.3 Å². The maximum absolute atomic E-state index is 13.4. The molecule has 2 atom stereocenters. The zero-order chi connectivity index (χ0) is 27.9. The Morgan fingerprint density at radius 2 is 1.02 bits per heavy atom. The SMILES string of the molecule is O=C(OCc1ccccc1)C1CCCN1C(=O)c1cccc(C(=O)N2CCCC2C(=O)OCc2ccccc2)c1. The van der Waals surface area contributed by atoms with Crippen molar-refractivity contribution in [2.75, 3.05) is 13.1 Å². The Morgan fingerprint density at radius 1 is 0.600 bits per heavy atom. The first kappa shape index (κ1) is 27.1. The van der Waals surface area contributed by atoms with Crippen molar-refractivity contribution in [3.8, 4) is 0 Å². The van der Waals surface area contributed by atoms with Crippen molar-refractivity contribution in [1.29, 1.82) is 0 Å². The molecule has 0 aromatic heterocycles. The van der Waals surface area contributed by atoms with Gasteiger partial charge in [-0.05, 0) is 55.0 Å². The van der Waals surface area contributed by atoms with Crippen LogP contribution in [0.5, 0.6) is 0 Å². The lowest BCUT2D eigenvalue weighted by Gasteiger charge is -2.25. The summed E-state index contributed by atoms with van der Waals surface area (Å²) >= 11 is 0. The van der Waals surface area contributed by atoms with E-state index in [1.54, 1.807) is 24.3 Å². The molecule has 8 nitrogen and oxygen atoms in total. The van der Waals surface area contributed by atoms with Gasteiger partial charge in [0.15, 0.2) is 0 Å². The monoisotopic (exact) mass is 540 g/mol. The summed E-state index contributed by atoms with van der Waals surface area (Å²) in [7, 11) is 0. The third kappa shape index (κ3) is 6.22. The molecule has 2 amide bonds. The van der Waals surface area contributed by atoms with Gasteiger partial charge in [-0.2, -0.15) is 0 Å². The van der Waals surface area contributed by atoms with E-state index in [9.17, 15) is 19.2 Å². The molecule has 8 heteroatoms. The fourth-order valence-electron chi connectivity index (χ4n) is 5.28. The van der Waals surface area contributed by atoms with E-state index in [4.69, 9.17) is 9.47 Å². The molecule has 2 unspecified atom stereocenters. The smallest absolute Gasteiger partial charge is 0.329 e. The van der Waals surface area contributed by atoms with Crippen LogP contribution in [0.4, 0.5) is 0 Å². The number of carbonyl (C=O) groups excluding carboxylic acids is 4. The molecular formula is C32H32N2O6. The Balaban J connectivity index is 1.23. The molecule has 0 spiro atoms. The van der Waals surface area contributed by atoms with Crippen molar-refractivity contribution >= 4 is 23.8 Å². The van der Waals surface area contributed by atoms with Gasteiger partial charge in [0.25, 0.3) is 11.8 Å². The first-order chi connectivity index (χ1) is 19.5. The average Bonchev–Trinajstić information content (AvgIpc) is 3.70.